The van der Waals surface area contributed by atoms with Crippen LogP contribution in [0.3, 0.4) is 0 Å². The number of hydrogen-bond acceptors (Lipinski definition) is 4. The lowest BCUT2D eigenvalue weighted by Gasteiger charge is -2.38. The Kier molecular flexibility index (Phi) is 6.67. The van der Waals surface area contributed by atoms with Gasteiger partial charge in [0.05, 0.1) is 6.61 Å². The molecule has 1 fully saturated rings. The average Bonchev–Trinajstić information content (AvgIpc) is 3.16. The summed E-state index contributed by atoms with van der Waals surface area (Å²) in [4.78, 5) is 14.9. The van der Waals surface area contributed by atoms with E-state index >= 15 is 0 Å². The molecule has 1 atom stereocenters. The maximum Gasteiger partial charge on any atom is 0.327 e. The highest BCUT2D eigenvalue weighted by Gasteiger charge is 2.52. The van der Waals surface area contributed by atoms with E-state index in [0.29, 0.717) is 12.5 Å². The summed E-state index contributed by atoms with van der Waals surface area (Å²) in [5, 5.41) is 3.53. The number of ether oxygens (including phenoxy) is 1. The summed E-state index contributed by atoms with van der Waals surface area (Å²) in [6.07, 6.45) is 3.27. The van der Waals surface area contributed by atoms with Crippen LogP contribution in [0.1, 0.15) is 53.9 Å². The summed E-state index contributed by atoms with van der Waals surface area (Å²) >= 11 is 0. The molecule has 1 N–H and O–H groups in total. The van der Waals surface area contributed by atoms with Gasteiger partial charge in [0.15, 0.2) is 0 Å². The minimum Gasteiger partial charge on any atom is -0.465 e. The standard InChI is InChI=1S/C17H34N2O2/c1-7-11-18-17(14-9-10-14,15(20)21-8-2)13-19(6)12-16(3,4)5/h14,18H,7-13H2,1-6H3. The van der Waals surface area contributed by atoms with Gasteiger partial charge in [-0.2, -0.15) is 0 Å². The zero-order valence-electron chi connectivity index (χ0n) is 14.8. The quantitative estimate of drug-likeness (QED) is 0.665. The molecule has 0 radical (unpaired) electrons. The second kappa shape index (κ2) is 7.59. The molecular weight excluding hydrogens is 264 g/mol. The van der Waals surface area contributed by atoms with Crippen molar-refractivity contribution in [3.8, 4) is 0 Å². The summed E-state index contributed by atoms with van der Waals surface area (Å²) in [5.74, 6) is 0.354. The summed E-state index contributed by atoms with van der Waals surface area (Å²) in [7, 11) is 2.11. The largest absolute Gasteiger partial charge is 0.465 e. The van der Waals surface area contributed by atoms with Gasteiger partial charge in [-0.1, -0.05) is 27.7 Å². The molecule has 0 saturated heterocycles. The van der Waals surface area contributed by atoms with E-state index in [1.165, 1.54) is 0 Å². The van der Waals surface area contributed by atoms with Gasteiger partial charge < -0.3 is 15.0 Å². The molecule has 0 heterocycles. The Morgan fingerprint density at radius 1 is 1.24 bits per heavy atom. The van der Waals surface area contributed by atoms with Crippen molar-refractivity contribution in [2.75, 3.05) is 33.3 Å². The monoisotopic (exact) mass is 298 g/mol. The topological polar surface area (TPSA) is 41.6 Å². The third kappa shape index (κ3) is 5.59. The van der Waals surface area contributed by atoms with Gasteiger partial charge in [0.1, 0.15) is 5.54 Å². The van der Waals surface area contributed by atoms with Gasteiger partial charge in [0, 0.05) is 13.1 Å². The van der Waals surface area contributed by atoms with E-state index in [9.17, 15) is 4.79 Å². The molecule has 1 unspecified atom stereocenters. The number of likely N-dealkylation sites (N-methyl/N-ethyl adjacent to an activating group) is 1. The van der Waals surface area contributed by atoms with Crippen molar-refractivity contribution in [3.63, 3.8) is 0 Å². The van der Waals surface area contributed by atoms with Crippen molar-refractivity contribution in [2.45, 2.75) is 59.4 Å². The lowest BCUT2D eigenvalue weighted by molar-refractivity contribution is -0.153. The van der Waals surface area contributed by atoms with Crippen LogP contribution in [0.25, 0.3) is 0 Å². The van der Waals surface area contributed by atoms with Crippen LogP contribution in [0, 0.1) is 11.3 Å². The number of nitrogens with zero attached hydrogens (tertiary/aromatic N) is 1. The second-order valence-corrected chi connectivity index (χ2v) is 7.63. The van der Waals surface area contributed by atoms with Crippen molar-refractivity contribution >= 4 is 5.97 Å². The third-order valence-corrected chi connectivity index (χ3v) is 3.87. The molecule has 1 saturated carbocycles. The predicted octanol–water partition coefficient (Wildman–Crippen LogP) is 2.68. The van der Waals surface area contributed by atoms with E-state index in [1.807, 2.05) is 6.92 Å². The summed E-state index contributed by atoms with van der Waals surface area (Å²) in [6.45, 7) is 13.7. The van der Waals surface area contributed by atoms with Crippen molar-refractivity contribution in [1.29, 1.82) is 0 Å². The number of esters is 1. The van der Waals surface area contributed by atoms with Gasteiger partial charge in [-0.25, -0.2) is 4.79 Å². The zero-order chi connectivity index (χ0) is 16.1. The molecule has 4 heteroatoms. The second-order valence-electron chi connectivity index (χ2n) is 7.63. The Balaban J connectivity index is 2.85. The molecule has 0 aromatic heterocycles. The molecule has 0 amide bonds. The molecule has 1 rings (SSSR count). The fourth-order valence-corrected chi connectivity index (χ4v) is 3.11. The smallest absolute Gasteiger partial charge is 0.327 e. The highest BCUT2D eigenvalue weighted by Crippen LogP contribution is 2.41. The lowest BCUT2D eigenvalue weighted by atomic mass is 9.90. The molecule has 1 aliphatic rings. The van der Waals surface area contributed by atoms with Crippen LogP contribution in [-0.4, -0.2) is 49.7 Å². The fraction of sp³-hybridized carbons (Fsp3) is 0.941. The normalized spacial score (nSPS) is 18.6. The summed E-state index contributed by atoms with van der Waals surface area (Å²) < 4.78 is 5.41. The van der Waals surface area contributed by atoms with E-state index in [0.717, 1.165) is 38.9 Å². The first kappa shape index (κ1) is 18.4. The van der Waals surface area contributed by atoms with Crippen molar-refractivity contribution < 1.29 is 9.53 Å². The van der Waals surface area contributed by atoms with Gasteiger partial charge >= 0.3 is 5.97 Å². The van der Waals surface area contributed by atoms with Gasteiger partial charge in [-0.3, -0.25) is 0 Å². The predicted molar refractivity (Wildman–Crippen MR) is 87.3 cm³/mol. The van der Waals surface area contributed by atoms with Gasteiger partial charge in [-0.05, 0) is 51.1 Å². The van der Waals surface area contributed by atoms with Crippen LogP contribution in [0.5, 0.6) is 0 Å². The number of carbonyl (C=O) groups is 1. The Bertz CT molecular complexity index is 334. The SMILES string of the molecule is CCCNC(CN(C)CC(C)(C)C)(C(=O)OCC)C1CC1. The molecule has 1 aliphatic carbocycles. The van der Waals surface area contributed by atoms with Crippen molar-refractivity contribution in [1.82, 2.24) is 10.2 Å². The number of carbonyl (C=O) groups excluding carboxylic acids is 1. The molecule has 0 aliphatic heterocycles. The molecular formula is C17H34N2O2. The molecule has 4 nitrogen and oxygen atoms in total. The van der Waals surface area contributed by atoms with Crippen LogP contribution in [0.15, 0.2) is 0 Å². The first-order chi connectivity index (χ1) is 9.75. The first-order valence-electron chi connectivity index (χ1n) is 8.36. The molecule has 21 heavy (non-hydrogen) atoms. The fourth-order valence-electron chi connectivity index (χ4n) is 3.11. The van der Waals surface area contributed by atoms with Crippen LogP contribution < -0.4 is 5.32 Å². The van der Waals surface area contributed by atoms with Gasteiger partial charge in [-0.15, -0.1) is 0 Å². The number of rotatable bonds is 9. The molecule has 0 aromatic rings. The van der Waals surface area contributed by atoms with Crippen LogP contribution >= 0.6 is 0 Å². The van der Waals surface area contributed by atoms with E-state index in [-0.39, 0.29) is 11.4 Å². The molecule has 124 valence electrons. The Morgan fingerprint density at radius 3 is 2.29 bits per heavy atom. The Hall–Kier alpha value is -0.610. The molecule has 0 bridgehead atoms. The molecule has 0 aromatic carbocycles. The van der Waals surface area contributed by atoms with E-state index in [1.54, 1.807) is 0 Å². The minimum absolute atomic E-state index is 0.0679. The summed E-state index contributed by atoms with van der Waals surface area (Å²) in [6, 6.07) is 0. The number of hydrogen-bond donors (Lipinski definition) is 1. The Morgan fingerprint density at radius 2 is 1.86 bits per heavy atom. The van der Waals surface area contributed by atoms with E-state index < -0.39 is 5.54 Å². The van der Waals surface area contributed by atoms with Crippen LogP contribution in [-0.2, 0) is 9.53 Å². The maximum atomic E-state index is 12.6. The first-order valence-corrected chi connectivity index (χ1v) is 8.36. The maximum absolute atomic E-state index is 12.6. The van der Waals surface area contributed by atoms with Crippen molar-refractivity contribution in [2.24, 2.45) is 11.3 Å². The minimum atomic E-state index is -0.522. The van der Waals surface area contributed by atoms with Gasteiger partial charge in [0.25, 0.3) is 0 Å². The summed E-state index contributed by atoms with van der Waals surface area (Å²) in [5.41, 5.74) is -0.296. The van der Waals surface area contributed by atoms with Gasteiger partial charge in [0.2, 0.25) is 0 Å². The highest BCUT2D eigenvalue weighted by molar-refractivity contribution is 5.82. The van der Waals surface area contributed by atoms with E-state index in [2.05, 4.69) is 45.0 Å². The van der Waals surface area contributed by atoms with E-state index in [4.69, 9.17) is 4.74 Å². The number of nitrogens with one attached hydrogen (secondary N) is 1. The zero-order valence-corrected chi connectivity index (χ0v) is 14.8. The van der Waals surface area contributed by atoms with Crippen LogP contribution in [0.4, 0.5) is 0 Å². The van der Waals surface area contributed by atoms with Crippen LogP contribution in [0.2, 0.25) is 0 Å². The van der Waals surface area contributed by atoms with Crippen molar-refractivity contribution in [3.05, 3.63) is 0 Å². The third-order valence-electron chi connectivity index (χ3n) is 3.87. The Labute approximate surface area is 130 Å². The molecule has 0 spiro atoms. The lowest BCUT2D eigenvalue weighted by Crippen LogP contribution is -2.61. The highest BCUT2D eigenvalue weighted by atomic mass is 16.5. The average molecular weight is 298 g/mol.